The molecule has 0 aromatic carbocycles. The van der Waals surface area contributed by atoms with Crippen molar-refractivity contribution in [3.05, 3.63) is 12.1 Å². The van der Waals surface area contributed by atoms with Gasteiger partial charge in [0.05, 0.1) is 12.2 Å². The second-order valence-electron chi connectivity index (χ2n) is 5.63. The summed E-state index contributed by atoms with van der Waals surface area (Å²) in [5.41, 5.74) is -0.437. The minimum atomic E-state index is -0.437. The monoisotopic (exact) mass is 240 g/mol. The molecule has 0 aromatic rings. The van der Waals surface area contributed by atoms with Crippen LogP contribution in [0.3, 0.4) is 0 Å². The van der Waals surface area contributed by atoms with E-state index in [1.165, 1.54) is 0 Å². The first-order valence-electron chi connectivity index (χ1n) is 6.76. The molecule has 0 rings (SSSR count). The summed E-state index contributed by atoms with van der Waals surface area (Å²) in [6, 6.07) is 0. The van der Waals surface area contributed by atoms with E-state index >= 15 is 0 Å². The summed E-state index contributed by atoms with van der Waals surface area (Å²) in [4.78, 5) is 0. The normalized spacial score (nSPS) is 17.7. The Balaban J connectivity index is 5.12. The molecular formula is C14H29BO2. The van der Waals surface area contributed by atoms with E-state index in [-0.39, 0.29) is 12.5 Å². The molecular weight excluding hydrogens is 211 g/mol. The molecule has 0 heterocycles. The van der Waals surface area contributed by atoms with Crippen LogP contribution in [0.4, 0.5) is 0 Å². The van der Waals surface area contributed by atoms with Crippen LogP contribution in [-0.2, 0) is 4.74 Å². The molecule has 2 atom stereocenters. The van der Waals surface area contributed by atoms with E-state index < -0.39 is 5.60 Å². The van der Waals surface area contributed by atoms with Crippen molar-refractivity contribution in [2.45, 2.75) is 46.5 Å². The molecule has 0 saturated heterocycles. The van der Waals surface area contributed by atoms with Crippen molar-refractivity contribution in [1.29, 1.82) is 0 Å². The van der Waals surface area contributed by atoms with Gasteiger partial charge in [-0.25, -0.2) is 0 Å². The summed E-state index contributed by atoms with van der Waals surface area (Å²) in [6.07, 6.45) is 3.10. The first kappa shape index (κ1) is 16.7. The lowest BCUT2D eigenvalue weighted by Crippen LogP contribution is -2.46. The third-order valence-electron chi connectivity index (χ3n) is 3.33. The fraction of sp³-hybridized carbons (Fsp3) is 0.857. The van der Waals surface area contributed by atoms with Crippen LogP contribution in [0.1, 0.15) is 34.1 Å². The number of hydrogen-bond donors (Lipinski definition) is 1. The van der Waals surface area contributed by atoms with Gasteiger partial charge in [0.2, 0.25) is 0 Å². The zero-order chi connectivity index (χ0) is 13.5. The van der Waals surface area contributed by atoms with Gasteiger partial charge in [-0.3, -0.25) is 0 Å². The Bertz CT molecular complexity index is 220. The lowest BCUT2D eigenvalue weighted by atomic mass is 9.72. The highest BCUT2D eigenvalue weighted by atomic mass is 16.5. The molecule has 0 aromatic heterocycles. The largest absolute Gasteiger partial charge is 0.393 e. The lowest BCUT2D eigenvalue weighted by Gasteiger charge is -2.40. The summed E-state index contributed by atoms with van der Waals surface area (Å²) < 4.78 is 5.72. The Labute approximate surface area is 108 Å². The number of hydrogen-bond acceptors (Lipinski definition) is 2. The van der Waals surface area contributed by atoms with Crippen molar-refractivity contribution in [1.82, 2.24) is 0 Å². The summed E-state index contributed by atoms with van der Waals surface area (Å²) in [5.74, 6) is 3.41. The Morgan fingerprint density at radius 1 is 1.29 bits per heavy atom. The molecule has 0 aliphatic carbocycles. The van der Waals surface area contributed by atoms with E-state index in [1.807, 2.05) is 0 Å². The number of methoxy groups -OCH3 is 1. The standard InChI is InChI=1S/C14H29BO2/c1-11(2)9-14(10-16,17-6)13(12(3)4)7-8-15-5/h7-8,11-13,15-16H,9-10H2,1-6H3/b8-7+. The quantitative estimate of drug-likeness (QED) is 0.661. The highest BCUT2D eigenvalue weighted by Crippen LogP contribution is 2.34. The van der Waals surface area contributed by atoms with E-state index in [2.05, 4.69) is 46.6 Å². The van der Waals surface area contributed by atoms with Crippen LogP contribution in [0.25, 0.3) is 0 Å². The maximum atomic E-state index is 9.79. The van der Waals surface area contributed by atoms with Gasteiger partial charge >= 0.3 is 0 Å². The zero-order valence-corrected chi connectivity index (χ0v) is 12.4. The first-order valence-corrected chi connectivity index (χ1v) is 6.76. The fourth-order valence-electron chi connectivity index (χ4n) is 2.57. The van der Waals surface area contributed by atoms with Gasteiger partial charge in [-0.05, 0) is 18.3 Å². The molecule has 1 N–H and O–H groups in total. The molecule has 0 fully saturated rings. The number of ether oxygens (including phenoxy) is 1. The van der Waals surface area contributed by atoms with Gasteiger partial charge in [-0.2, -0.15) is 0 Å². The third-order valence-corrected chi connectivity index (χ3v) is 3.33. The van der Waals surface area contributed by atoms with Crippen LogP contribution in [0, 0.1) is 17.8 Å². The molecule has 100 valence electrons. The lowest BCUT2D eigenvalue weighted by molar-refractivity contribution is -0.103. The van der Waals surface area contributed by atoms with Crippen molar-refractivity contribution in [2.75, 3.05) is 13.7 Å². The molecule has 0 aliphatic heterocycles. The Morgan fingerprint density at radius 3 is 2.18 bits per heavy atom. The summed E-state index contributed by atoms with van der Waals surface area (Å²) in [7, 11) is 2.74. The number of aliphatic hydroxyl groups is 1. The van der Waals surface area contributed by atoms with Crippen molar-refractivity contribution in [2.24, 2.45) is 17.8 Å². The molecule has 0 aliphatic rings. The van der Waals surface area contributed by atoms with Crippen LogP contribution >= 0.6 is 0 Å². The van der Waals surface area contributed by atoms with Gasteiger partial charge in [0.25, 0.3) is 0 Å². The number of aliphatic hydroxyl groups excluding tert-OH is 1. The van der Waals surface area contributed by atoms with Gasteiger partial charge in [0, 0.05) is 13.0 Å². The molecule has 0 saturated carbocycles. The Kier molecular flexibility index (Phi) is 7.81. The Morgan fingerprint density at radius 2 is 1.88 bits per heavy atom. The molecule has 3 heteroatoms. The molecule has 17 heavy (non-hydrogen) atoms. The topological polar surface area (TPSA) is 29.5 Å². The molecule has 0 spiro atoms. The van der Waals surface area contributed by atoms with Gasteiger partial charge in [0.1, 0.15) is 7.28 Å². The van der Waals surface area contributed by atoms with Crippen LogP contribution in [0.5, 0.6) is 0 Å². The summed E-state index contributed by atoms with van der Waals surface area (Å²) in [5, 5.41) is 9.79. The molecule has 2 nitrogen and oxygen atoms in total. The first-order chi connectivity index (χ1) is 7.93. The average molecular weight is 240 g/mol. The third kappa shape index (κ3) is 4.85. The maximum absolute atomic E-state index is 9.79. The summed E-state index contributed by atoms with van der Waals surface area (Å²) >= 11 is 0. The van der Waals surface area contributed by atoms with Gasteiger partial charge in [-0.15, -0.1) is 5.98 Å². The SMILES string of the molecule is CB/C=C/C(C(C)C)C(CO)(CC(C)C)OC. The van der Waals surface area contributed by atoms with Crippen molar-refractivity contribution < 1.29 is 9.84 Å². The minimum absolute atomic E-state index is 0.0819. The highest BCUT2D eigenvalue weighted by Gasteiger charge is 2.39. The second-order valence-corrected chi connectivity index (χ2v) is 5.63. The van der Waals surface area contributed by atoms with Crippen LogP contribution in [0.15, 0.2) is 12.1 Å². The van der Waals surface area contributed by atoms with E-state index in [1.54, 1.807) is 7.11 Å². The van der Waals surface area contributed by atoms with Crippen LogP contribution in [0.2, 0.25) is 6.82 Å². The van der Waals surface area contributed by atoms with Crippen LogP contribution in [-0.4, -0.2) is 31.7 Å². The summed E-state index contributed by atoms with van der Waals surface area (Å²) in [6.45, 7) is 10.9. The van der Waals surface area contributed by atoms with Gasteiger partial charge < -0.3 is 9.84 Å². The van der Waals surface area contributed by atoms with Gasteiger partial charge in [-0.1, -0.05) is 40.6 Å². The van der Waals surface area contributed by atoms with E-state index in [0.29, 0.717) is 11.8 Å². The van der Waals surface area contributed by atoms with Crippen molar-refractivity contribution >= 4 is 7.28 Å². The number of rotatable bonds is 8. The average Bonchev–Trinajstić information content (AvgIpc) is 2.26. The zero-order valence-electron chi connectivity index (χ0n) is 12.4. The van der Waals surface area contributed by atoms with E-state index in [9.17, 15) is 5.11 Å². The van der Waals surface area contributed by atoms with Crippen molar-refractivity contribution in [3.63, 3.8) is 0 Å². The van der Waals surface area contributed by atoms with E-state index in [0.717, 1.165) is 13.7 Å². The van der Waals surface area contributed by atoms with Crippen LogP contribution < -0.4 is 0 Å². The molecule has 0 amide bonds. The second kappa shape index (κ2) is 7.94. The Hall–Kier alpha value is -0.275. The predicted octanol–water partition coefficient (Wildman–Crippen LogP) is 2.68. The highest BCUT2D eigenvalue weighted by molar-refractivity contribution is 6.40. The van der Waals surface area contributed by atoms with E-state index in [4.69, 9.17) is 4.74 Å². The predicted molar refractivity (Wildman–Crippen MR) is 76.8 cm³/mol. The molecule has 0 radical (unpaired) electrons. The smallest absolute Gasteiger partial charge is 0.144 e. The minimum Gasteiger partial charge on any atom is -0.393 e. The fourth-order valence-corrected chi connectivity index (χ4v) is 2.57. The maximum Gasteiger partial charge on any atom is 0.144 e. The molecule has 2 unspecified atom stereocenters. The van der Waals surface area contributed by atoms with Gasteiger partial charge in [0.15, 0.2) is 0 Å². The van der Waals surface area contributed by atoms with Crippen molar-refractivity contribution in [3.8, 4) is 0 Å². The molecule has 0 bridgehead atoms.